The zero-order valence-corrected chi connectivity index (χ0v) is 13.4. The highest BCUT2D eigenvalue weighted by Gasteiger charge is 2.36. The first-order chi connectivity index (χ1) is 10.5. The molecule has 116 valence electrons. The van der Waals surface area contributed by atoms with Crippen LogP contribution in [-0.2, 0) is 13.0 Å². The van der Waals surface area contributed by atoms with E-state index < -0.39 is 0 Å². The van der Waals surface area contributed by atoms with Crippen molar-refractivity contribution >= 4 is 5.82 Å². The average Bonchev–Trinajstić information content (AvgIpc) is 2.83. The summed E-state index contributed by atoms with van der Waals surface area (Å²) in [7, 11) is 0. The third kappa shape index (κ3) is 3.28. The van der Waals surface area contributed by atoms with E-state index in [0.29, 0.717) is 5.82 Å². The van der Waals surface area contributed by atoms with Gasteiger partial charge in [0.05, 0.1) is 6.54 Å². The lowest BCUT2D eigenvalue weighted by Crippen LogP contribution is -2.42. The third-order valence-electron chi connectivity index (χ3n) is 4.67. The second-order valence-electron chi connectivity index (χ2n) is 6.58. The second kappa shape index (κ2) is 6.05. The number of nitrogens with two attached hydrogens (primary N) is 1. The Bertz CT molecular complexity index is 638. The van der Waals surface area contributed by atoms with Crippen LogP contribution in [0.3, 0.4) is 0 Å². The summed E-state index contributed by atoms with van der Waals surface area (Å²) in [6, 6.07) is 10.6. The maximum Gasteiger partial charge on any atom is 0.144 e. The van der Waals surface area contributed by atoms with Gasteiger partial charge in [0.2, 0.25) is 0 Å². The normalized spacial score (nSPS) is 22.1. The molecule has 0 bridgehead atoms. The number of aryl methyl sites for hydroxylation is 1. The molecule has 4 nitrogen and oxygen atoms in total. The molecule has 0 saturated carbocycles. The molecule has 0 spiro atoms. The van der Waals surface area contributed by atoms with Crippen molar-refractivity contribution in [3.05, 3.63) is 53.5 Å². The molecule has 2 N–H and O–H groups in total. The zero-order chi connectivity index (χ0) is 15.6. The number of benzene rings is 1. The smallest absolute Gasteiger partial charge is 0.144 e. The van der Waals surface area contributed by atoms with Crippen LogP contribution in [-0.4, -0.2) is 27.0 Å². The van der Waals surface area contributed by atoms with Crippen molar-refractivity contribution < 1.29 is 0 Å². The van der Waals surface area contributed by atoms with E-state index >= 15 is 0 Å². The summed E-state index contributed by atoms with van der Waals surface area (Å²) < 4.78 is 0. The molecular weight excluding hydrogens is 272 g/mol. The molecule has 1 unspecified atom stereocenters. The number of aromatic nitrogens is 2. The van der Waals surface area contributed by atoms with E-state index in [1.807, 2.05) is 0 Å². The molecule has 22 heavy (non-hydrogen) atoms. The van der Waals surface area contributed by atoms with Gasteiger partial charge in [-0.05, 0) is 51.3 Å². The van der Waals surface area contributed by atoms with Gasteiger partial charge in [-0.25, -0.2) is 9.97 Å². The predicted molar refractivity (Wildman–Crippen MR) is 89.4 cm³/mol. The van der Waals surface area contributed by atoms with Gasteiger partial charge >= 0.3 is 0 Å². The lowest BCUT2D eigenvalue weighted by Gasteiger charge is -2.35. The topological polar surface area (TPSA) is 55.0 Å². The van der Waals surface area contributed by atoms with E-state index in [4.69, 9.17) is 5.73 Å². The van der Waals surface area contributed by atoms with Crippen LogP contribution in [0.15, 0.2) is 36.5 Å². The predicted octanol–water partition coefficient (Wildman–Crippen LogP) is 2.96. The number of likely N-dealkylation sites (tertiary alicyclic amines) is 1. The highest BCUT2D eigenvalue weighted by molar-refractivity contribution is 5.26. The van der Waals surface area contributed by atoms with Crippen molar-refractivity contribution in [3.8, 4) is 0 Å². The summed E-state index contributed by atoms with van der Waals surface area (Å²) in [6.45, 7) is 6.35. The minimum atomic E-state index is 0.170. The fourth-order valence-corrected chi connectivity index (χ4v) is 3.36. The second-order valence-corrected chi connectivity index (χ2v) is 6.58. The van der Waals surface area contributed by atoms with E-state index in [9.17, 15) is 0 Å². The number of nitrogens with zero attached hydrogens (tertiary/aromatic N) is 3. The van der Waals surface area contributed by atoms with Gasteiger partial charge in [0.25, 0.3) is 0 Å². The Morgan fingerprint density at radius 1 is 1.23 bits per heavy atom. The van der Waals surface area contributed by atoms with Crippen molar-refractivity contribution in [1.82, 2.24) is 14.9 Å². The Morgan fingerprint density at radius 3 is 2.73 bits per heavy atom. The summed E-state index contributed by atoms with van der Waals surface area (Å²) >= 11 is 0. The van der Waals surface area contributed by atoms with E-state index in [1.165, 1.54) is 24.0 Å². The van der Waals surface area contributed by atoms with Gasteiger partial charge < -0.3 is 5.73 Å². The Hall–Kier alpha value is -1.94. The SMILES string of the molecule is Cc1ccc(CC2(C)CCCN2Cc2nccc(N)n2)cc1. The quantitative estimate of drug-likeness (QED) is 0.942. The van der Waals surface area contributed by atoms with E-state index in [1.54, 1.807) is 12.3 Å². The van der Waals surface area contributed by atoms with Crippen LogP contribution < -0.4 is 5.73 Å². The van der Waals surface area contributed by atoms with Crippen molar-refractivity contribution in [2.45, 2.75) is 45.2 Å². The molecular formula is C18H24N4. The van der Waals surface area contributed by atoms with Gasteiger partial charge in [0, 0.05) is 11.7 Å². The van der Waals surface area contributed by atoms with Crippen LogP contribution >= 0.6 is 0 Å². The molecule has 1 fully saturated rings. The molecule has 2 aromatic rings. The van der Waals surface area contributed by atoms with Crippen molar-refractivity contribution in [3.63, 3.8) is 0 Å². The van der Waals surface area contributed by atoms with Gasteiger partial charge in [0.1, 0.15) is 11.6 Å². The molecule has 4 heteroatoms. The Balaban J connectivity index is 1.75. The third-order valence-corrected chi connectivity index (χ3v) is 4.67. The van der Waals surface area contributed by atoms with E-state index in [-0.39, 0.29) is 5.54 Å². The van der Waals surface area contributed by atoms with Crippen LogP contribution in [0.5, 0.6) is 0 Å². The van der Waals surface area contributed by atoms with Gasteiger partial charge in [-0.3, -0.25) is 4.90 Å². The summed E-state index contributed by atoms with van der Waals surface area (Å²) in [5, 5.41) is 0. The largest absolute Gasteiger partial charge is 0.384 e. The number of rotatable bonds is 4. The molecule has 1 aliphatic rings. The van der Waals surface area contributed by atoms with Crippen LogP contribution in [0.25, 0.3) is 0 Å². The van der Waals surface area contributed by atoms with Crippen molar-refractivity contribution in [1.29, 1.82) is 0 Å². The maximum atomic E-state index is 5.77. The molecule has 1 aromatic carbocycles. The molecule has 0 aliphatic carbocycles. The van der Waals surface area contributed by atoms with Crippen LogP contribution in [0.4, 0.5) is 5.82 Å². The molecule has 1 aromatic heterocycles. The van der Waals surface area contributed by atoms with Gasteiger partial charge in [-0.15, -0.1) is 0 Å². The first kappa shape index (κ1) is 15.0. The highest BCUT2D eigenvalue weighted by Crippen LogP contribution is 2.33. The first-order valence-electron chi connectivity index (χ1n) is 7.93. The Morgan fingerprint density at radius 2 is 2.00 bits per heavy atom. The number of hydrogen-bond donors (Lipinski definition) is 1. The van der Waals surface area contributed by atoms with Gasteiger partial charge in [-0.2, -0.15) is 0 Å². The summed E-state index contributed by atoms with van der Waals surface area (Å²) in [6.07, 6.45) is 5.24. The highest BCUT2D eigenvalue weighted by atomic mass is 15.2. The zero-order valence-electron chi connectivity index (χ0n) is 13.4. The fourth-order valence-electron chi connectivity index (χ4n) is 3.36. The van der Waals surface area contributed by atoms with Crippen molar-refractivity contribution in [2.24, 2.45) is 0 Å². The maximum absolute atomic E-state index is 5.77. The first-order valence-corrected chi connectivity index (χ1v) is 7.93. The van der Waals surface area contributed by atoms with Crippen LogP contribution in [0, 0.1) is 6.92 Å². The Labute approximate surface area is 132 Å². The van der Waals surface area contributed by atoms with Gasteiger partial charge in [-0.1, -0.05) is 29.8 Å². The van der Waals surface area contributed by atoms with E-state index in [2.05, 4.69) is 53.0 Å². The summed E-state index contributed by atoms with van der Waals surface area (Å²) in [5.74, 6) is 1.36. The Kier molecular flexibility index (Phi) is 4.12. The van der Waals surface area contributed by atoms with Crippen LogP contribution in [0.2, 0.25) is 0 Å². The molecule has 1 saturated heterocycles. The molecule has 0 amide bonds. The minimum Gasteiger partial charge on any atom is -0.384 e. The summed E-state index contributed by atoms with van der Waals surface area (Å²) in [5.41, 5.74) is 8.65. The lowest BCUT2D eigenvalue weighted by atomic mass is 9.90. The molecule has 2 heterocycles. The number of nitrogen functional groups attached to an aromatic ring is 1. The molecule has 1 atom stereocenters. The lowest BCUT2D eigenvalue weighted by molar-refractivity contribution is 0.143. The average molecular weight is 296 g/mol. The van der Waals surface area contributed by atoms with Crippen LogP contribution in [0.1, 0.15) is 36.7 Å². The minimum absolute atomic E-state index is 0.170. The van der Waals surface area contributed by atoms with Gasteiger partial charge in [0.15, 0.2) is 0 Å². The molecule has 0 radical (unpaired) electrons. The number of anilines is 1. The molecule has 3 rings (SSSR count). The monoisotopic (exact) mass is 296 g/mol. The number of hydrogen-bond acceptors (Lipinski definition) is 4. The van der Waals surface area contributed by atoms with E-state index in [0.717, 1.165) is 25.3 Å². The molecule has 1 aliphatic heterocycles. The standard InChI is InChI=1S/C18H24N4/c1-14-4-6-15(7-5-14)12-18(2)9-3-11-22(18)13-17-20-10-8-16(19)21-17/h4-8,10H,3,9,11-13H2,1-2H3,(H2,19,20,21). The summed E-state index contributed by atoms with van der Waals surface area (Å²) in [4.78, 5) is 11.2. The van der Waals surface area contributed by atoms with Crippen molar-refractivity contribution in [2.75, 3.05) is 12.3 Å². The fraction of sp³-hybridized carbons (Fsp3) is 0.444.